The number of rotatable bonds is 7. The molecular formula is C22H23FN2O2. The molecule has 1 amide bonds. The van der Waals surface area contributed by atoms with Crippen molar-refractivity contribution in [2.75, 3.05) is 0 Å². The van der Waals surface area contributed by atoms with Crippen molar-refractivity contribution in [3.05, 3.63) is 78.1 Å². The number of carbonyl (C=O) groups is 1. The van der Waals surface area contributed by atoms with E-state index in [0.29, 0.717) is 24.5 Å². The number of hydrogen-bond donors (Lipinski definition) is 1. The van der Waals surface area contributed by atoms with Gasteiger partial charge in [0.25, 0.3) is 0 Å². The van der Waals surface area contributed by atoms with Crippen LogP contribution in [0.1, 0.15) is 37.8 Å². The molecular weight excluding hydrogens is 343 g/mol. The van der Waals surface area contributed by atoms with Crippen LogP contribution in [0.4, 0.5) is 4.39 Å². The summed E-state index contributed by atoms with van der Waals surface area (Å²) in [5.74, 6) is 0.996. The zero-order chi connectivity index (χ0) is 19.2. The number of nitrogens with zero attached hydrogens (tertiary/aromatic N) is 1. The second-order valence-corrected chi connectivity index (χ2v) is 6.83. The van der Waals surface area contributed by atoms with Gasteiger partial charge in [-0.3, -0.25) is 4.79 Å². The van der Waals surface area contributed by atoms with Gasteiger partial charge in [-0.2, -0.15) is 0 Å². The Hall–Kier alpha value is -2.95. The Morgan fingerprint density at radius 3 is 2.48 bits per heavy atom. The Bertz CT molecular complexity index is 873. The standard InChI is InChI=1S/C22H23FN2O2/c1-15(2)22(17-6-4-3-5-7-17)25-20(26)12-13-21-24-14-19(27-21)16-8-10-18(23)11-9-16/h3-11,14-15,22H,12-13H2,1-2H3,(H,25,26). The van der Waals surface area contributed by atoms with Gasteiger partial charge < -0.3 is 9.73 Å². The Morgan fingerprint density at radius 2 is 1.81 bits per heavy atom. The first-order valence-electron chi connectivity index (χ1n) is 9.08. The first-order valence-corrected chi connectivity index (χ1v) is 9.08. The first-order chi connectivity index (χ1) is 13.0. The third-order valence-corrected chi connectivity index (χ3v) is 4.39. The van der Waals surface area contributed by atoms with Gasteiger partial charge in [0.05, 0.1) is 12.2 Å². The van der Waals surface area contributed by atoms with Gasteiger partial charge in [0.2, 0.25) is 5.91 Å². The highest BCUT2D eigenvalue weighted by Gasteiger charge is 2.18. The molecule has 4 nitrogen and oxygen atoms in total. The van der Waals surface area contributed by atoms with Crippen molar-refractivity contribution in [1.82, 2.24) is 10.3 Å². The molecule has 1 heterocycles. The molecule has 0 radical (unpaired) electrons. The summed E-state index contributed by atoms with van der Waals surface area (Å²) in [6.45, 7) is 4.17. The summed E-state index contributed by atoms with van der Waals surface area (Å²) in [6, 6.07) is 15.9. The van der Waals surface area contributed by atoms with Crippen molar-refractivity contribution in [3.8, 4) is 11.3 Å². The van der Waals surface area contributed by atoms with Crippen molar-refractivity contribution >= 4 is 5.91 Å². The first kappa shape index (κ1) is 18.8. The van der Waals surface area contributed by atoms with Gasteiger partial charge in [0.15, 0.2) is 11.7 Å². The van der Waals surface area contributed by atoms with Gasteiger partial charge in [-0.15, -0.1) is 0 Å². The van der Waals surface area contributed by atoms with Crippen molar-refractivity contribution in [2.45, 2.75) is 32.7 Å². The van der Waals surface area contributed by atoms with Gasteiger partial charge in [-0.25, -0.2) is 9.37 Å². The minimum absolute atomic E-state index is 0.0296. The SMILES string of the molecule is CC(C)C(NC(=O)CCc1ncc(-c2ccc(F)cc2)o1)c1ccccc1. The molecule has 0 saturated carbocycles. The van der Waals surface area contributed by atoms with Crippen LogP contribution in [-0.4, -0.2) is 10.9 Å². The highest BCUT2D eigenvalue weighted by molar-refractivity contribution is 5.76. The fourth-order valence-electron chi connectivity index (χ4n) is 2.93. The normalized spacial score (nSPS) is 12.1. The van der Waals surface area contributed by atoms with E-state index in [2.05, 4.69) is 24.1 Å². The van der Waals surface area contributed by atoms with Crippen LogP contribution in [-0.2, 0) is 11.2 Å². The zero-order valence-electron chi connectivity index (χ0n) is 15.5. The summed E-state index contributed by atoms with van der Waals surface area (Å²) in [4.78, 5) is 16.6. The monoisotopic (exact) mass is 366 g/mol. The predicted molar refractivity (Wildman–Crippen MR) is 102 cm³/mol. The Kier molecular flexibility index (Phi) is 6.01. The molecule has 5 heteroatoms. The topological polar surface area (TPSA) is 55.1 Å². The minimum Gasteiger partial charge on any atom is -0.441 e. The second-order valence-electron chi connectivity index (χ2n) is 6.83. The zero-order valence-corrected chi connectivity index (χ0v) is 15.5. The fourth-order valence-corrected chi connectivity index (χ4v) is 2.93. The average molecular weight is 366 g/mol. The van der Waals surface area contributed by atoms with Gasteiger partial charge in [-0.1, -0.05) is 44.2 Å². The van der Waals surface area contributed by atoms with Crippen LogP contribution in [0.3, 0.4) is 0 Å². The van der Waals surface area contributed by atoms with E-state index in [4.69, 9.17) is 4.42 Å². The third kappa shape index (κ3) is 5.03. The Morgan fingerprint density at radius 1 is 1.11 bits per heavy atom. The third-order valence-electron chi connectivity index (χ3n) is 4.39. The van der Waals surface area contributed by atoms with Crippen LogP contribution < -0.4 is 5.32 Å². The lowest BCUT2D eigenvalue weighted by atomic mass is 9.96. The van der Waals surface area contributed by atoms with Crippen LogP contribution in [0, 0.1) is 11.7 Å². The molecule has 27 heavy (non-hydrogen) atoms. The van der Waals surface area contributed by atoms with Crippen molar-refractivity contribution < 1.29 is 13.6 Å². The molecule has 0 aliphatic rings. The molecule has 0 bridgehead atoms. The van der Waals surface area contributed by atoms with Crippen molar-refractivity contribution in [3.63, 3.8) is 0 Å². The largest absolute Gasteiger partial charge is 0.441 e. The molecule has 0 aliphatic carbocycles. The van der Waals surface area contributed by atoms with Gasteiger partial charge >= 0.3 is 0 Å². The maximum Gasteiger partial charge on any atom is 0.221 e. The van der Waals surface area contributed by atoms with E-state index in [0.717, 1.165) is 11.1 Å². The lowest BCUT2D eigenvalue weighted by Crippen LogP contribution is -2.31. The quantitative estimate of drug-likeness (QED) is 0.645. The number of amides is 1. The number of hydrogen-bond acceptors (Lipinski definition) is 3. The van der Waals surface area contributed by atoms with E-state index in [-0.39, 0.29) is 23.7 Å². The van der Waals surface area contributed by atoms with Gasteiger partial charge in [0, 0.05) is 18.4 Å². The van der Waals surface area contributed by atoms with E-state index in [1.165, 1.54) is 12.1 Å². The molecule has 3 rings (SSSR count). The second kappa shape index (κ2) is 8.62. The lowest BCUT2D eigenvalue weighted by Gasteiger charge is -2.22. The molecule has 1 N–H and O–H groups in total. The molecule has 1 aromatic heterocycles. The fraction of sp³-hybridized carbons (Fsp3) is 0.273. The summed E-state index contributed by atoms with van der Waals surface area (Å²) in [5.41, 5.74) is 1.85. The highest BCUT2D eigenvalue weighted by Crippen LogP contribution is 2.23. The molecule has 1 unspecified atom stereocenters. The Labute approximate surface area is 158 Å². The summed E-state index contributed by atoms with van der Waals surface area (Å²) in [7, 11) is 0. The van der Waals surface area contributed by atoms with E-state index in [9.17, 15) is 9.18 Å². The van der Waals surface area contributed by atoms with E-state index < -0.39 is 0 Å². The summed E-state index contributed by atoms with van der Waals surface area (Å²) < 4.78 is 18.7. The maximum absolute atomic E-state index is 13.0. The van der Waals surface area contributed by atoms with Gasteiger partial charge in [0.1, 0.15) is 5.82 Å². The summed E-state index contributed by atoms with van der Waals surface area (Å²) in [5, 5.41) is 3.10. The smallest absolute Gasteiger partial charge is 0.221 e. The molecule has 0 fully saturated rings. The number of nitrogens with one attached hydrogen (secondary N) is 1. The average Bonchev–Trinajstić information content (AvgIpc) is 3.14. The number of benzene rings is 2. The van der Waals surface area contributed by atoms with Crippen LogP contribution in [0.25, 0.3) is 11.3 Å². The Balaban J connectivity index is 1.58. The van der Waals surface area contributed by atoms with Gasteiger partial charge in [-0.05, 0) is 35.7 Å². The van der Waals surface area contributed by atoms with Crippen LogP contribution in [0.15, 0.2) is 65.2 Å². The van der Waals surface area contributed by atoms with Crippen molar-refractivity contribution in [1.29, 1.82) is 0 Å². The molecule has 3 aromatic rings. The predicted octanol–water partition coefficient (Wildman–Crippen LogP) is 4.93. The summed E-state index contributed by atoms with van der Waals surface area (Å²) >= 11 is 0. The molecule has 0 saturated heterocycles. The maximum atomic E-state index is 13.0. The van der Waals surface area contributed by atoms with Crippen LogP contribution in [0.5, 0.6) is 0 Å². The minimum atomic E-state index is -0.298. The number of carbonyl (C=O) groups excluding carboxylic acids is 1. The molecule has 140 valence electrons. The van der Waals surface area contributed by atoms with Crippen molar-refractivity contribution in [2.24, 2.45) is 5.92 Å². The molecule has 0 aliphatic heterocycles. The number of aromatic nitrogens is 1. The molecule has 1 atom stereocenters. The highest BCUT2D eigenvalue weighted by atomic mass is 19.1. The van der Waals surface area contributed by atoms with E-state index >= 15 is 0 Å². The van der Waals surface area contributed by atoms with Crippen LogP contribution >= 0.6 is 0 Å². The molecule has 2 aromatic carbocycles. The number of oxazole rings is 1. The number of halogens is 1. The molecule has 0 spiro atoms. The van der Waals surface area contributed by atoms with E-state index in [1.807, 2.05) is 30.3 Å². The van der Waals surface area contributed by atoms with E-state index in [1.54, 1.807) is 18.3 Å². The lowest BCUT2D eigenvalue weighted by molar-refractivity contribution is -0.122. The number of aryl methyl sites for hydroxylation is 1. The summed E-state index contributed by atoms with van der Waals surface area (Å²) in [6.07, 6.45) is 2.30. The van der Waals surface area contributed by atoms with Crippen LogP contribution in [0.2, 0.25) is 0 Å².